The van der Waals surface area contributed by atoms with E-state index in [4.69, 9.17) is 0 Å². The van der Waals surface area contributed by atoms with Crippen molar-refractivity contribution in [1.29, 1.82) is 0 Å². The van der Waals surface area contributed by atoms with Crippen molar-refractivity contribution in [3.05, 3.63) is 12.4 Å². The average molecular weight is 302 g/mol. The molecule has 0 aliphatic carbocycles. The third-order valence-electron chi connectivity index (χ3n) is 2.37. The molecule has 19 heavy (non-hydrogen) atoms. The minimum absolute atomic E-state index is 0.184. The minimum atomic E-state index is -6.52. The molecule has 11 heteroatoms. The highest BCUT2D eigenvalue weighted by Crippen LogP contribution is 2.46. The van der Waals surface area contributed by atoms with Gasteiger partial charge in [-0.3, -0.25) is 4.90 Å². The second kappa shape index (κ2) is 4.37. The zero-order chi connectivity index (χ0) is 15.2. The molecule has 0 radical (unpaired) electrons. The van der Waals surface area contributed by atoms with Gasteiger partial charge in [0.2, 0.25) is 0 Å². The van der Waals surface area contributed by atoms with E-state index < -0.39 is 35.6 Å². The molecule has 1 aliphatic rings. The van der Waals surface area contributed by atoms with Crippen molar-refractivity contribution < 1.29 is 39.5 Å². The molecule has 1 heterocycles. The predicted octanol–water partition coefficient (Wildman–Crippen LogP) is 3.09. The Morgan fingerprint density at radius 1 is 1.00 bits per heavy atom. The van der Waals surface area contributed by atoms with E-state index in [1.54, 1.807) is 0 Å². The summed E-state index contributed by atoms with van der Waals surface area (Å²) >= 11 is 0. The highest BCUT2D eigenvalue weighted by molar-refractivity contribution is 5.01. The molecule has 2 unspecified atom stereocenters. The van der Waals surface area contributed by atoms with Gasteiger partial charge in [0, 0.05) is 19.4 Å². The van der Waals surface area contributed by atoms with Crippen molar-refractivity contribution in [3.8, 4) is 0 Å². The maximum absolute atomic E-state index is 13.2. The molecule has 0 spiro atoms. The van der Waals surface area contributed by atoms with Crippen LogP contribution < -0.4 is 0 Å². The molecular weight excluding hydrogens is 295 g/mol. The third-order valence-corrected chi connectivity index (χ3v) is 2.37. The summed E-state index contributed by atoms with van der Waals surface area (Å²) in [5.41, 5.74) is 0. The van der Waals surface area contributed by atoms with Gasteiger partial charge in [-0.2, -0.15) is 35.1 Å². The van der Waals surface area contributed by atoms with Crippen molar-refractivity contribution in [3.63, 3.8) is 0 Å². The van der Waals surface area contributed by atoms with E-state index in [1.807, 2.05) is 0 Å². The van der Waals surface area contributed by atoms with Crippen LogP contribution in [0.15, 0.2) is 12.4 Å². The molecule has 0 N–H and O–H groups in total. The van der Waals surface area contributed by atoms with Gasteiger partial charge in [-0.15, -0.1) is 0 Å². The lowest BCUT2D eigenvalue weighted by Gasteiger charge is -2.35. The lowest BCUT2D eigenvalue weighted by molar-refractivity contribution is -0.347. The van der Waals surface area contributed by atoms with Gasteiger partial charge in [-0.05, 0) is 0 Å². The van der Waals surface area contributed by atoms with Gasteiger partial charge in [0.1, 0.15) is 0 Å². The van der Waals surface area contributed by atoms with Crippen LogP contribution in [0.4, 0.5) is 39.5 Å². The first kappa shape index (κ1) is 15.8. The largest absolute Gasteiger partial charge is 0.456 e. The Hall–Kier alpha value is -1.29. The van der Waals surface area contributed by atoms with Gasteiger partial charge in [-0.1, -0.05) is 0 Å². The molecule has 0 aromatic heterocycles. The van der Waals surface area contributed by atoms with Gasteiger partial charge in [0.25, 0.3) is 12.6 Å². The second-order valence-corrected chi connectivity index (χ2v) is 3.75. The van der Waals surface area contributed by atoms with E-state index in [9.17, 15) is 39.5 Å². The first-order valence-electron chi connectivity index (χ1n) is 4.62. The van der Waals surface area contributed by atoms with Gasteiger partial charge in [-0.25, -0.2) is 4.39 Å². The Bertz CT molecular complexity index is 364. The van der Waals surface area contributed by atoms with Crippen LogP contribution in [0.1, 0.15) is 0 Å². The summed E-state index contributed by atoms with van der Waals surface area (Å²) in [6.07, 6.45) is -13.4. The Balaban J connectivity index is 3.04. The van der Waals surface area contributed by atoms with Gasteiger partial charge < -0.3 is 4.90 Å². The summed E-state index contributed by atoms with van der Waals surface area (Å²) in [5, 5.41) is 0. The molecule has 1 rings (SSSR count). The molecule has 0 amide bonds. The summed E-state index contributed by atoms with van der Waals surface area (Å²) in [5.74, 6) is -6.31. The van der Waals surface area contributed by atoms with Crippen LogP contribution >= 0.6 is 0 Å². The molecule has 0 bridgehead atoms. The maximum atomic E-state index is 13.2. The van der Waals surface area contributed by atoms with Gasteiger partial charge >= 0.3 is 18.1 Å². The van der Waals surface area contributed by atoms with Gasteiger partial charge in [0.15, 0.2) is 0 Å². The van der Waals surface area contributed by atoms with Crippen molar-refractivity contribution >= 4 is 0 Å². The number of hydrogen-bond acceptors (Lipinski definition) is 2. The zero-order valence-corrected chi connectivity index (χ0v) is 9.11. The molecule has 112 valence electrons. The number of halogens is 9. The van der Waals surface area contributed by atoms with E-state index >= 15 is 0 Å². The SMILES string of the molecule is CN1C=CN(C(F)(F)C(F)C(F)(F)C(F)(F)F)C1F. The molecule has 0 fully saturated rings. The van der Waals surface area contributed by atoms with E-state index in [1.165, 1.54) is 0 Å². The Morgan fingerprint density at radius 3 is 1.79 bits per heavy atom. The van der Waals surface area contributed by atoms with E-state index in [0.29, 0.717) is 11.1 Å². The quantitative estimate of drug-likeness (QED) is 0.584. The lowest BCUT2D eigenvalue weighted by Crippen LogP contribution is -2.60. The van der Waals surface area contributed by atoms with Crippen molar-refractivity contribution in [2.75, 3.05) is 7.05 Å². The molecule has 0 saturated heterocycles. The third kappa shape index (κ3) is 2.41. The van der Waals surface area contributed by atoms with Crippen LogP contribution in [0.3, 0.4) is 0 Å². The minimum Gasteiger partial charge on any atom is -0.333 e. The molecule has 2 nitrogen and oxygen atoms in total. The Labute approximate surface area is 101 Å². The summed E-state index contributed by atoms with van der Waals surface area (Å²) in [6, 6.07) is -5.38. The van der Waals surface area contributed by atoms with Gasteiger partial charge in [0.05, 0.1) is 0 Å². The van der Waals surface area contributed by atoms with Crippen LogP contribution in [-0.2, 0) is 0 Å². The first-order chi connectivity index (χ1) is 8.33. The fraction of sp³-hybridized carbons (Fsp3) is 0.750. The van der Waals surface area contributed by atoms with Crippen LogP contribution in [0, 0.1) is 0 Å². The molecule has 0 aromatic carbocycles. The van der Waals surface area contributed by atoms with Crippen molar-refractivity contribution in [2.45, 2.75) is 30.7 Å². The standard InChI is InChI=1S/C8H7F9N2/c1-18-2-3-19(5(18)10)7(13,14)4(9)6(11,12)8(15,16)17/h2-5H,1H3. The first-order valence-corrected chi connectivity index (χ1v) is 4.62. The molecule has 0 saturated carbocycles. The second-order valence-electron chi connectivity index (χ2n) is 3.75. The number of nitrogens with zero attached hydrogens (tertiary/aromatic N) is 2. The Kier molecular flexibility index (Phi) is 3.63. The highest BCUT2D eigenvalue weighted by atomic mass is 19.4. The molecule has 0 aromatic rings. The summed E-state index contributed by atoms with van der Waals surface area (Å²) < 4.78 is 113. The number of hydrogen-bond donors (Lipinski definition) is 0. The fourth-order valence-corrected chi connectivity index (χ4v) is 1.25. The average Bonchev–Trinajstić information content (AvgIpc) is 2.57. The van der Waals surface area contributed by atoms with E-state index in [-0.39, 0.29) is 6.20 Å². The number of alkyl halides is 9. The highest BCUT2D eigenvalue weighted by Gasteiger charge is 2.72. The van der Waals surface area contributed by atoms with Crippen LogP contribution in [0.25, 0.3) is 0 Å². The Morgan fingerprint density at radius 2 is 1.47 bits per heavy atom. The topological polar surface area (TPSA) is 6.48 Å². The maximum Gasteiger partial charge on any atom is 0.456 e. The fourth-order valence-electron chi connectivity index (χ4n) is 1.25. The monoisotopic (exact) mass is 302 g/mol. The zero-order valence-electron chi connectivity index (χ0n) is 9.11. The summed E-state index contributed by atoms with van der Waals surface area (Å²) in [4.78, 5) is -0.413. The van der Waals surface area contributed by atoms with Crippen molar-refractivity contribution in [2.24, 2.45) is 0 Å². The molecule has 1 aliphatic heterocycles. The van der Waals surface area contributed by atoms with Crippen molar-refractivity contribution in [1.82, 2.24) is 9.80 Å². The lowest BCUT2D eigenvalue weighted by atomic mass is 10.1. The summed E-state index contributed by atoms with van der Waals surface area (Å²) in [6.45, 7) is 0. The molecule has 2 atom stereocenters. The van der Waals surface area contributed by atoms with E-state index in [2.05, 4.69) is 0 Å². The smallest absolute Gasteiger partial charge is 0.333 e. The molecular formula is C8H7F9N2. The number of rotatable bonds is 3. The van der Waals surface area contributed by atoms with E-state index in [0.717, 1.165) is 7.05 Å². The predicted molar refractivity (Wildman–Crippen MR) is 44.5 cm³/mol. The normalized spacial score (nSPS) is 23.2. The summed E-state index contributed by atoms with van der Waals surface area (Å²) in [7, 11) is 0.909. The van der Waals surface area contributed by atoms with Crippen LogP contribution in [0.2, 0.25) is 0 Å². The van der Waals surface area contributed by atoms with Crippen LogP contribution in [-0.4, -0.2) is 47.6 Å². The van der Waals surface area contributed by atoms with Crippen LogP contribution in [0.5, 0.6) is 0 Å².